The third-order valence-electron chi connectivity index (χ3n) is 2.62. The van der Waals surface area contributed by atoms with Crippen molar-refractivity contribution in [3.05, 3.63) is 35.4 Å². The summed E-state index contributed by atoms with van der Waals surface area (Å²) < 4.78 is 27.5. The zero-order valence-electron chi connectivity index (χ0n) is 10.1. The molecule has 1 nitrogen and oxygen atoms in total. The molecule has 0 unspecified atom stereocenters. The quantitative estimate of drug-likeness (QED) is 0.811. The van der Waals surface area contributed by atoms with Crippen LogP contribution in [-0.4, -0.2) is 6.54 Å². The van der Waals surface area contributed by atoms with Gasteiger partial charge in [0.05, 0.1) is 0 Å². The van der Waals surface area contributed by atoms with Gasteiger partial charge in [0, 0.05) is 18.0 Å². The van der Waals surface area contributed by atoms with Crippen molar-refractivity contribution in [1.82, 2.24) is 5.32 Å². The van der Waals surface area contributed by atoms with Gasteiger partial charge in [0.1, 0.15) is 0 Å². The van der Waals surface area contributed by atoms with Crippen molar-refractivity contribution in [2.45, 2.75) is 33.2 Å². The molecule has 0 saturated heterocycles. The summed E-state index contributed by atoms with van der Waals surface area (Å²) in [6.45, 7) is 6.55. The molecule has 1 aromatic rings. The van der Waals surface area contributed by atoms with E-state index in [1.54, 1.807) is 12.1 Å². The van der Waals surface area contributed by atoms with Crippen LogP contribution in [0.3, 0.4) is 0 Å². The lowest BCUT2D eigenvalue weighted by atomic mass is 9.96. The molecule has 3 heteroatoms. The molecule has 0 atom stereocenters. The van der Waals surface area contributed by atoms with Gasteiger partial charge in [0.25, 0.3) is 5.92 Å². The minimum absolute atomic E-state index is 0.109. The van der Waals surface area contributed by atoms with Crippen molar-refractivity contribution < 1.29 is 8.78 Å². The lowest BCUT2D eigenvalue weighted by Gasteiger charge is -2.21. The third-order valence-corrected chi connectivity index (χ3v) is 2.62. The molecule has 0 spiro atoms. The smallest absolute Gasteiger partial charge is 0.275 e. The molecule has 1 N–H and O–H groups in total. The minimum Gasteiger partial charge on any atom is -0.313 e. The molecule has 0 saturated carbocycles. The maximum atomic E-state index is 13.8. The highest BCUT2D eigenvalue weighted by atomic mass is 19.3. The highest BCUT2D eigenvalue weighted by Gasteiger charge is 2.35. The van der Waals surface area contributed by atoms with E-state index in [-0.39, 0.29) is 5.56 Å². The Morgan fingerprint density at radius 1 is 1.31 bits per heavy atom. The molecule has 0 bridgehead atoms. The Morgan fingerprint density at radius 3 is 2.56 bits per heavy atom. The molecule has 0 aliphatic rings. The van der Waals surface area contributed by atoms with Crippen molar-refractivity contribution in [3.63, 3.8) is 0 Å². The SMILES string of the molecule is CCNCc1cccc(C(F)(F)C(C)C)c1. The number of hydrogen-bond donors (Lipinski definition) is 1. The van der Waals surface area contributed by atoms with Gasteiger partial charge >= 0.3 is 0 Å². The van der Waals surface area contributed by atoms with Crippen LogP contribution in [0.4, 0.5) is 8.78 Å². The van der Waals surface area contributed by atoms with Crippen LogP contribution in [0.15, 0.2) is 24.3 Å². The van der Waals surface area contributed by atoms with Crippen LogP contribution >= 0.6 is 0 Å². The fourth-order valence-corrected chi connectivity index (χ4v) is 1.49. The zero-order chi connectivity index (χ0) is 12.2. The number of halogens is 2. The van der Waals surface area contributed by atoms with E-state index in [0.29, 0.717) is 6.54 Å². The minimum atomic E-state index is -2.75. The molecule has 0 aromatic heterocycles. The second kappa shape index (κ2) is 5.39. The fourth-order valence-electron chi connectivity index (χ4n) is 1.49. The average Bonchev–Trinajstić information content (AvgIpc) is 2.26. The van der Waals surface area contributed by atoms with E-state index in [0.717, 1.165) is 12.1 Å². The highest BCUT2D eigenvalue weighted by molar-refractivity contribution is 5.27. The van der Waals surface area contributed by atoms with Gasteiger partial charge in [0.15, 0.2) is 0 Å². The van der Waals surface area contributed by atoms with Gasteiger partial charge < -0.3 is 5.32 Å². The Labute approximate surface area is 95.9 Å². The van der Waals surface area contributed by atoms with Crippen LogP contribution in [0.25, 0.3) is 0 Å². The van der Waals surface area contributed by atoms with Gasteiger partial charge in [-0.15, -0.1) is 0 Å². The summed E-state index contributed by atoms with van der Waals surface area (Å²) in [5.41, 5.74) is 1.01. The van der Waals surface area contributed by atoms with Crippen molar-refractivity contribution in [3.8, 4) is 0 Å². The molecule has 0 amide bonds. The van der Waals surface area contributed by atoms with Crippen LogP contribution in [0.2, 0.25) is 0 Å². The molecule has 1 rings (SSSR count). The molecule has 0 aliphatic heterocycles. The van der Waals surface area contributed by atoms with Crippen molar-refractivity contribution in [2.24, 2.45) is 5.92 Å². The lowest BCUT2D eigenvalue weighted by Crippen LogP contribution is -2.21. The molecule has 0 fully saturated rings. The number of rotatable bonds is 5. The standard InChI is InChI=1S/C13H19F2N/c1-4-16-9-11-6-5-7-12(8-11)13(14,15)10(2)3/h5-8,10,16H,4,9H2,1-3H3. The van der Waals surface area contributed by atoms with E-state index in [9.17, 15) is 8.78 Å². The summed E-state index contributed by atoms with van der Waals surface area (Å²) in [6.07, 6.45) is 0. The van der Waals surface area contributed by atoms with Crippen LogP contribution in [0.5, 0.6) is 0 Å². The summed E-state index contributed by atoms with van der Waals surface area (Å²) in [5.74, 6) is -3.43. The molecule has 1 aromatic carbocycles. The van der Waals surface area contributed by atoms with Gasteiger partial charge in [0.2, 0.25) is 0 Å². The van der Waals surface area contributed by atoms with Gasteiger partial charge in [-0.25, -0.2) is 8.78 Å². The molecule has 0 heterocycles. The van der Waals surface area contributed by atoms with E-state index in [1.165, 1.54) is 19.9 Å². The van der Waals surface area contributed by atoms with Crippen molar-refractivity contribution in [2.75, 3.05) is 6.54 Å². The van der Waals surface area contributed by atoms with E-state index in [4.69, 9.17) is 0 Å². The maximum Gasteiger partial charge on any atom is 0.275 e. The van der Waals surface area contributed by atoms with Crippen LogP contribution in [0, 0.1) is 5.92 Å². The Kier molecular flexibility index (Phi) is 4.42. The maximum absolute atomic E-state index is 13.8. The second-order valence-corrected chi connectivity index (χ2v) is 4.26. The summed E-state index contributed by atoms with van der Waals surface area (Å²) >= 11 is 0. The van der Waals surface area contributed by atoms with Crippen molar-refractivity contribution in [1.29, 1.82) is 0 Å². The Balaban J connectivity index is 2.89. The number of benzene rings is 1. The van der Waals surface area contributed by atoms with Gasteiger partial charge in [-0.3, -0.25) is 0 Å². The molecule has 90 valence electrons. The summed E-state index contributed by atoms with van der Waals surface area (Å²) in [6, 6.07) is 6.64. The monoisotopic (exact) mass is 227 g/mol. The summed E-state index contributed by atoms with van der Waals surface area (Å²) in [5, 5.41) is 3.13. The Bertz CT molecular complexity index is 334. The number of hydrogen-bond acceptors (Lipinski definition) is 1. The van der Waals surface area contributed by atoms with Gasteiger partial charge in [-0.2, -0.15) is 0 Å². The fraction of sp³-hybridized carbons (Fsp3) is 0.538. The first-order valence-electron chi connectivity index (χ1n) is 5.66. The predicted molar refractivity (Wildman–Crippen MR) is 62.6 cm³/mol. The number of nitrogens with one attached hydrogen (secondary N) is 1. The van der Waals surface area contributed by atoms with Crippen LogP contribution in [0.1, 0.15) is 31.9 Å². The van der Waals surface area contributed by atoms with Crippen molar-refractivity contribution >= 4 is 0 Å². The Hall–Kier alpha value is -0.960. The molecular formula is C13H19F2N. The molecular weight excluding hydrogens is 208 g/mol. The second-order valence-electron chi connectivity index (χ2n) is 4.26. The average molecular weight is 227 g/mol. The molecule has 0 aliphatic carbocycles. The van der Waals surface area contributed by atoms with E-state index < -0.39 is 11.8 Å². The lowest BCUT2D eigenvalue weighted by molar-refractivity contribution is -0.0514. The zero-order valence-corrected chi connectivity index (χ0v) is 10.1. The highest BCUT2D eigenvalue weighted by Crippen LogP contribution is 2.35. The number of alkyl halides is 2. The summed E-state index contributed by atoms with van der Waals surface area (Å²) in [7, 11) is 0. The van der Waals surface area contributed by atoms with Gasteiger partial charge in [-0.1, -0.05) is 39.0 Å². The van der Waals surface area contributed by atoms with E-state index >= 15 is 0 Å². The first-order valence-corrected chi connectivity index (χ1v) is 5.66. The van der Waals surface area contributed by atoms with E-state index in [1.807, 2.05) is 13.0 Å². The largest absolute Gasteiger partial charge is 0.313 e. The topological polar surface area (TPSA) is 12.0 Å². The Morgan fingerprint density at radius 2 is 2.00 bits per heavy atom. The van der Waals surface area contributed by atoms with Crippen LogP contribution < -0.4 is 5.32 Å². The third kappa shape index (κ3) is 3.01. The predicted octanol–water partition coefficient (Wildman–Crippen LogP) is 3.54. The molecule has 16 heavy (non-hydrogen) atoms. The summed E-state index contributed by atoms with van der Waals surface area (Å²) in [4.78, 5) is 0. The van der Waals surface area contributed by atoms with Crippen LogP contribution in [-0.2, 0) is 12.5 Å². The first kappa shape index (κ1) is 13.1. The van der Waals surface area contributed by atoms with Gasteiger partial charge in [-0.05, 0) is 18.2 Å². The molecule has 0 radical (unpaired) electrons. The normalized spacial score (nSPS) is 12.1. The van der Waals surface area contributed by atoms with E-state index in [2.05, 4.69) is 5.32 Å². The first-order chi connectivity index (χ1) is 7.48.